The number of nitrogens with zero attached hydrogens (tertiary/aromatic N) is 2. The minimum absolute atomic E-state index is 0.0889. The number of carbonyl (C=O) groups is 1. The monoisotopic (exact) mass is 369 g/mol. The first kappa shape index (κ1) is 17.7. The third kappa shape index (κ3) is 4.29. The lowest BCUT2D eigenvalue weighted by Crippen LogP contribution is -2.28. The van der Waals surface area contributed by atoms with Crippen LogP contribution in [-0.2, 0) is 4.79 Å². The number of benzene rings is 2. The molecule has 0 bridgehead atoms. The molecule has 0 saturated carbocycles. The molecular formula is C19H16ClN3O3. The standard InChI is InChI=1S/C19H16ClN3O3/c1-2-10-21-17(24)12-25-14-7-5-6-13(11-14)18-22-19(26-23-18)15-8-3-4-9-16(15)20/h2-9,11H,1,10,12H2,(H,21,24). The normalized spacial score (nSPS) is 10.3. The van der Waals surface area contributed by atoms with E-state index in [1.807, 2.05) is 18.2 Å². The number of hydrogen-bond acceptors (Lipinski definition) is 5. The second-order valence-corrected chi connectivity index (χ2v) is 5.72. The number of aromatic nitrogens is 2. The van der Waals surface area contributed by atoms with Crippen LogP contribution in [0.15, 0.2) is 65.7 Å². The lowest BCUT2D eigenvalue weighted by atomic mass is 10.2. The molecule has 0 aliphatic heterocycles. The van der Waals surface area contributed by atoms with E-state index in [1.54, 1.807) is 36.4 Å². The molecule has 1 N–H and O–H groups in total. The Hall–Kier alpha value is -3.12. The van der Waals surface area contributed by atoms with E-state index in [9.17, 15) is 4.79 Å². The largest absolute Gasteiger partial charge is 0.484 e. The minimum atomic E-state index is -0.226. The molecule has 0 unspecified atom stereocenters. The second-order valence-electron chi connectivity index (χ2n) is 5.31. The number of rotatable bonds is 7. The van der Waals surface area contributed by atoms with Crippen LogP contribution in [0.5, 0.6) is 5.75 Å². The predicted octanol–water partition coefficient (Wildman–Crippen LogP) is 3.74. The Labute approximate surface area is 155 Å². The van der Waals surface area contributed by atoms with Crippen molar-refractivity contribution in [3.8, 4) is 28.6 Å². The van der Waals surface area contributed by atoms with Crippen molar-refractivity contribution in [1.82, 2.24) is 15.5 Å². The summed E-state index contributed by atoms with van der Waals surface area (Å²) in [5, 5.41) is 7.16. The maximum absolute atomic E-state index is 11.6. The highest BCUT2D eigenvalue weighted by atomic mass is 35.5. The molecule has 0 aliphatic rings. The fourth-order valence-corrected chi connectivity index (χ4v) is 2.41. The molecular weight excluding hydrogens is 354 g/mol. The predicted molar refractivity (Wildman–Crippen MR) is 98.9 cm³/mol. The van der Waals surface area contributed by atoms with E-state index in [0.717, 1.165) is 0 Å². The lowest BCUT2D eigenvalue weighted by Gasteiger charge is -2.06. The molecule has 6 nitrogen and oxygen atoms in total. The molecule has 0 saturated heterocycles. The van der Waals surface area contributed by atoms with Crippen molar-refractivity contribution >= 4 is 17.5 Å². The van der Waals surface area contributed by atoms with Gasteiger partial charge in [-0.1, -0.05) is 47.1 Å². The van der Waals surface area contributed by atoms with Gasteiger partial charge in [-0.05, 0) is 24.3 Å². The summed E-state index contributed by atoms with van der Waals surface area (Å²) < 4.78 is 10.8. The van der Waals surface area contributed by atoms with Gasteiger partial charge >= 0.3 is 0 Å². The zero-order valence-electron chi connectivity index (χ0n) is 13.8. The van der Waals surface area contributed by atoms with E-state index >= 15 is 0 Å². The fraction of sp³-hybridized carbons (Fsp3) is 0.105. The van der Waals surface area contributed by atoms with Gasteiger partial charge in [-0.15, -0.1) is 6.58 Å². The van der Waals surface area contributed by atoms with Crippen LogP contribution >= 0.6 is 11.6 Å². The molecule has 3 aromatic rings. The minimum Gasteiger partial charge on any atom is -0.484 e. The van der Waals surface area contributed by atoms with Crippen LogP contribution < -0.4 is 10.1 Å². The summed E-state index contributed by atoms with van der Waals surface area (Å²) in [5.74, 6) is 1.04. The third-order valence-corrected chi connectivity index (χ3v) is 3.77. The molecule has 26 heavy (non-hydrogen) atoms. The lowest BCUT2D eigenvalue weighted by molar-refractivity contribution is -0.122. The maximum atomic E-state index is 11.6. The van der Waals surface area contributed by atoms with Gasteiger partial charge in [0, 0.05) is 12.1 Å². The molecule has 0 aliphatic carbocycles. The van der Waals surface area contributed by atoms with Crippen LogP contribution in [-0.4, -0.2) is 29.2 Å². The fourth-order valence-electron chi connectivity index (χ4n) is 2.20. The van der Waals surface area contributed by atoms with E-state index in [2.05, 4.69) is 22.0 Å². The Bertz CT molecular complexity index is 924. The number of nitrogens with one attached hydrogen (secondary N) is 1. The highest BCUT2D eigenvalue weighted by Crippen LogP contribution is 2.28. The van der Waals surface area contributed by atoms with E-state index in [1.165, 1.54) is 0 Å². The maximum Gasteiger partial charge on any atom is 0.259 e. The SMILES string of the molecule is C=CCNC(=O)COc1cccc(-c2noc(-c3ccccc3Cl)n2)c1. The summed E-state index contributed by atoms with van der Waals surface area (Å²) in [6.07, 6.45) is 1.60. The van der Waals surface area contributed by atoms with Gasteiger partial charge in [0.1, 0.15) is 5.75 Å². The summed E-state index contributed by atoms with van der Waals surface area (Å²) in [5.41, 5.74) is 1.37. The average Bonchev–Trinajstić information content (AvgIpc) is 3.15. The molecule has 0 atom stereocenters. The summed E-state index contributed by atoms with van der Waals surface area (Å²) >= 11 is 6.15. The highest BCUT2D eigenvalue weighted by molar-refractivity contribution is 6.33. The van der Waals surface area contributed by atoms with Crippen molar-refractivity contribution in [3.05, 3.63) is 66.2 Å². The first-order valence-electron chi connectivity index (χ1n) is 7.87. The molecule has 2 aromatic carbocycles. The van der Waals surface area contributed by atoms with E-state index in [0.29, 0.717) is 40.2 Å². The first-order valence-corrected chi connectivity index (χ1v) is 8.24. The number of hydrogen-bond donors (Lipinski definition) is 1. The van der Waals surface area contributed by atoms with Crippen LogP contribution in [0, 0.1) is 0 Å². The van der Waals surface area contributed by atoms with Gasteiger partial charge in [-0.25, -0.2) is 0 Å². The topological polar surface area (TPSA) is 77.2 Å². The zero-order valence-corrected chi connectivity index (χ0v) is 14.6. The van der Waals surface area contributed by atoms with Crippen molar-refractivity contribution in [3.63, 3.8) is 0 Å². The van der Waals surface area contributed by atoms with E-state index in [4.69, 9.17) is 20.9 Å². The van der Waals surface area contributed by atoms with Gasteiger partial charge in [0.25, 0.3) is 11.8 Å². The van der Waals surface area contributed by atoms with Crippen molar-refractivity contribution in [2.45, 2.75) is 0 Å². The second kappa shape index (κ2) is 8.31. The Morgan fingerprint density at radius 3 is 2.92 bits per heavy atom. The summed E-state index contributed by atoms with van der Waals surface area (Å²) in [7, 11) is 0. The number of ether oxygens (including phenoxy) is 1. The Morgan fingerprint density at radius 2 is 2.12 bits per heavy atom. The van der Waals surface area contributed by atoms with Crippen LogP contribution in [0.4, 0.5) is 0 Å². The van der Waals surface area contributed by atoms with Crippen LogP contribution in [0.3, 0.4) is 0 Å². The number of amides is 1. The van der Waals surface area contributed by atoms with Gasteiger partial charge in [-0.3, -0.25) is 4.79 Å². The molecule has 7 heteroatoms. The number of carbonyl (C=O) groups excluding carboxylic acids is 1. The summed E-state index contributed by atoms with van der Waals surface area (Å²) in [6.45, 7) is 3.85. The molecule has 3 rings (SSSR count). The smallest absolute Gasteiger partial charge is 0.259 e. The molecule has 0 fully saturated rings. The molecule has 132 valence electrons. The van der Waals surface area contributed by atoms with E-state index in [-0.39, 0.29) is 12.5 Å². The highest BCUT2D eigenvalue weighted by Gasteiger charge is 2.13. The number of halogens is 1. The van der Waals surface area contributed by atoms with Crippen molar-refractivity contribution in [2.75, 3.05) is 13.2 Å². The van der Waals surface area contributed by atoms with Gasteiger partial charge in [0.05, 0.1) is 10.6 Å². The van der Waals surface area contributed by atoms with Crippen LogP contribution in [0.1, 0.15) is 0 Å². The van der Waals surface area contributed by atoms with Crippen LogP contribution in [0.2, 0.25) is 5.02 Å². The molecule has 1 amide bonds. The van der Waals surface area contributed by atoms with Gasteiger partial charge in [0.15, 0.2) is 6.61 Å². The van der Waals surface area contributed by atoms with Crippen LogP contribution in [0.25, 0.3) is 22.8 Å². The third-order valence-electron chi connectivity index (χ3n) is 3.44. The average molecular weight is 370 g/mol. The molecule has 0 spiro atoms. The van der Waals surface area contributed by atoms with E-state index < -0.39 is 0 Å². The van der Waals surface area contributed by atoms with Gasteiger partial charge in [0.2, 0.25) is 5.82 Å². The van der Waals surface area contributed by atoms with Crippen molar-refractivity contribution in [2.24, 2.45) is 0 Å². The van der Waals surface area contributed by atoms with Crippen molar-refractivity contribution < 1.29 is 14.1 Å². The molecule has 0 radical (unpaired) electrons. The Kier molecular flexibility index (Phi) is 5.66. The first-order chi connectivity index (χ1) is 12.7. The van der Waals surface area contributed by atoms with Crippen molar-refractivity contribution in [1.29, 1.82) is 0 Å². The molecule has 1 heterocycles. The Balaban J connectivity index is 1.73. The molecule has 1 aromatic heterocycles. The summed E-state index contributed by atoms with van der Waals surface area (Å²) in [6, 6.07) is 14.3. The van der Waals surface area contributed by atoms with Gasteiger partial charge in [-0.2, -0.15) is 4.98 Å². The quantitative estimate of drug-likeness (QED) is 0.642. The van der Waals surface area contributed by atoms with Gasteiger partial charge < -0.3 is 14.6 Å². The zero-order chi connectivity index (χ0) is 18.4. The Morgan fingerprint density at radius 1 is 1.27 bits per heavy atom. The summed E-state index contributed by atoms with van der Waals surface area (Å²) in [4.78, 5) is 16.0.